The number of pyridine rings is 4. The molecule has 0 aliphatic carbocycles. The highest BCUT2D eigenvalue weighted by Gasteiger charge is 2.20. The summed E-state index contributed by atoms with van der Waals surface area (Å²) in [7, 11) is 0. The van der Waals surface area contributed by atoms with Gasteiger partial charge in [0.15, 0.2) is 11.6 Å². The molecule has 346 valence electrons. The molecule has 0 amide bonds. The molecule has 10 heteroatoms. The van der Waals surface area contributed by atoms with E-state index in [0.29, 0.717) is 11.6 Å². The number of rotatable bonds is 9. The topological polar surface area (TPSA) is 113 Å². The van der Waals surface area contributed by atoms with Crippen LogP contribution in [0.3, 0.4) is 0 Å². The quantitative estimate of drug-likeness (QED) is 0.141. The fourth-order valence-electron chi connectivity index (χ4n) is 10.3. The van der Waals surface area contributed by atoms with Crippen LogP contribution < -0.4 is 0 Å². The molecule has 0 N–H and O–H groups in total. The van der Waals surface area contributed by atoms with Gasteiger partial charge in [0.2, 0.25) is 0 Å². The number of fused-ring (bicyclic) bond motifs is 6. The molecule has 10 nitrogen and oxygen atoms in total. The maximum Gasteiger partial charge on any atom is 0.160 e. The number of hydrogen-bond acceptors (Lipinski definition) is 8. The summed E-state index contributed by atoms with van der Waals surface area (Å²) in [6.07, 6.45) is 14.3. The van der Waals surface area contributed by atoms with Gasteiger partial charge in [0.05, 0.1) is 44.8 Å². The second-order valence-electron chi connectivity index (χ2n) is 18.1. The van der Waals surface area contributed by atoms with E-state index in [2.05, 4.69) is 163 Å². The van der Waals surface area contributed by atoms with Crippen LogP contribution in [0.5, 0.6) is 0 Å². The summed E-state index contributed by atoms with van der Waals surface area (Å²) in [6.45, 7) is 0. The lowest BCUT2D eigenvalue weighted by atomic mass is 9.98. The van der Waals surface area contributed by atoms with Gasteiger partial charge in [-0.3, -0.25) is 19.9 Å². The maximum atomic E-state index is 5.06. The molecule has 6 aromatic carbocycles. The number of nitrogens with zero attached hydrogens (tertiary/aromatic N) is 10. The van der Waals surface area contributed by atoms with Gasteiger partial charge >= 0.3 is 0 Å². The minimum absolute atomic E-state index is 0.643. The van der Waals surface area contributed by atoms with Crippen LogP contribution in [0.15, 0.2) is 244 Å². The third-order valence-corrected chi connectivity index (χ3v) is 13.8. The van der Waals surface area contributed by atoms with Crippen molar-refractivity contribution >= 4 is 43.6 Å². The first kappa shape index (κ1) is 42.5. The molecule has 0 bridgehead atoms. The van der Waals surface area contributed by atoms with E-state index in [0.717, 1.165) is 95.2 Å². The summed E-state index contributed by atoms with van der Waals surface area (Å²) in [5.74, 6) is 1.29. The fraction of sp³-hybridized carbons (Fsp3) is 0. The zero-order valence-electron chi connectivity index (χ0n) is 39.6. The molecule has 0 aliphatic rings. The van der Waals surface area contributed by atoms with Gasteiger partial charge in [-0.15, -0.1) is 0 Å². The van der Waals surface area contributed by atoms with Crippen LogP contribution in [0.25, 0.3) is 134 Å². The molecule has 0 radical (unpaired) electrons. The third-order valence-electron chi connectivity index (χ3n) is 13.8. The Hall–Kier alpha value is -10.3. The lowest BCUT2D eigenvalue weighted by Crippen LogP contribution is -1.97. The third kappa shape index (κ3) is 7.44. The van der Waals surface area contributed by atoms with Crippen molar-refractivity contribution in [3.8, 4) is 90.3 Å². The van der Waals surface area contributed by atoms with Crippen molar-refractivity contribution in [2.24, 2.45) is 0 Å². The van der Waals surface area contributed by atoms with Gasteiger partial charge in [-0.1, -0.05) is 54.6 Å². The van der Waals surface area contributed by atoms with E-state index in [1.807, 2.05) is 60.7 Å². The maximum absolute atomic E-state index is 5.06. The van der Waals surface area contributed by atoms with Gasteiger partial charge in [0.1, 0.15) is 0 Å². The number of para-hydroxylation sites is 2. The first-order valence-corrected chi connectivity index (χ1v) is 24.4. The van der Waals surface area contributed by atoms with Crippen LogP contribution in [0.1, 0.15) is 0 Å². The smallest absolute Gasteiger partial charge is 0.160 e. The molecular formula is C64H40N10. The Labute approximate surface area is 424 Å². The van der Waals surface area contributed by atoms with Crippen LogP contribution >= 0.6 is 0 Å². The first-order chi connectivity index (χ1) is 36.7. The van der Waals surface area contributed by atoms with E-state index in [9.17, 15) is 0 Å². The highest BCUT2D eigenvalue weighted by Crippen LogP contribution is 2.42. The Morgan fingerprint density at radius 3 is 1.11 bits per heavy atom. The normalized spacial score (nSPS) is 11.5. The molecule has 8 aromatic heterocycles. The van der Waals surface area contributed by atoms with Gasteiger partial charge in [0.25, 0.3) is 0 Å². The lowest BCUT2D eigenvalue weighted by Gasteiger charge is -2.12. The predicted molar refractivity (Wildman–Crippen MR) is 296 cm³/mol. The van der Waals surface area contributed by atoms with Crippen molar-refractivity contribution in [2.75, 3.05) is 0 Å². The number of benzene rings is 6. The summed E-state index contributed by atoms with van der Waals surface area (Å²) in [5, 5.41) is 4.74. The highest BCUT2D eigenvalue weighted by atomic mass is 15.0. The van der Waals surface area contributed by atoms with Crippen LogP contribution in [-0.2, 0) is 0 Å². The summed E-state index contributed by atoms with van der Waals surface area (Å²) < 4.78 is 4.72. The Balaban J connectivity index is 0.843. The van der Waals surface area contributed by atoms with Crippen molar-refractivity contribution in [3.05, 3.63) is 244 Å². The van der Waals surface area contributed by atoms with Gasteiger partial charge < -0.3 is 9.13 Å². The van der Waals surface area contributed by atoms with Crippen molar-refractivity contribution in [1.29, 1.82) is 0 Å². The standard InChI is InChI=1S/C64H40N10/c1-3-9-58-51(6-1)53-38-47(16-21-60(53)73(58)48-17-12-45(13-18-48)63-69-54(41-22-30-65-31-23-41)39-55(70-63)42-24-32-66-33-25-42)50-8-5-11-61-62(50)52-7-2-4-10-59(52)74(61)49-19-14-46(15-20-49)64-71-56(43-26-34-67-35-27-43)40-57(72-64)44-28-36-68-37-29-44/h1-40H. The Kier molecular flexibility index (Phi) is 10.2. The molecule has 14 rings (SSSR count). The van der Waals surface area contributed by atoms with E-state index >= 15 is 0 Å². The molecule has 0 atom stereocenters. The number of aromatic nitrogens is 10. The minimum atomic E-state index is 0.643. The van der Waals surface area contributed by atoms with E-state index in [-0.39, 0.29) is 0 Å². The van der Waals surface area contributed by atoms with E-state index < -0.39 is 0 Å². The Morgan fingerprint density at radius 2 is 0.635 bits per heavy atom. The minimum Gasteiger partial charge on any atom is -0.309 e. The molecule has 0 fully saturated rings. The Morgan fingerprint density at radius 1 is 0.257 bits per heavy atom. The summed E-state index contributed by atoms with van der Waals surface area (Å²) in [5.41, 5.74) is 17.9. The molecule has 14 aromatic rings. The molecule has 0 aliphatic heterocycles. The largest absolute Gasteiger partial charge is 0.309 e. The second kappa shape index (κ2) is 17.8. The lowest BCUT2D eigenvalue weighted by molar-refractivity contribution is 1.16. The molecule has 0 saturated carbocycles. The Bertz CT molecular complexity index is 4270. The summed E-state index contributed by atoms with van der Waals surface area (Å²) in [6, 6.07) is 67.9. The van der Waals surface area contributed by atoms with Crippen LogP contribution in [0.4, 0.5) is 0 Å². The van der Waals surface area contributed by atoms with Crippen molar-refractivity contribution in [2.45, 2.75) is 0 Å². The molecule has 0 saturated heterocycles. The SMILES string of the molecule is c1ccc2c(c1)c1cc(-c3cccc4c3c3ccccc3n4-c3ccc(-c4nc(-c5ccncc5)cc(-c5ccncc5)n4)cc3)ccc1n2-c1ccc(-c2nc(-c3ccncc3)cc(-c3ccncc3)n2)cc1. The highest BCUT2D eigenvalue weighted by molar-refractivity contribution is 6.17. The fourth-order valence-corrected chi connectivity index (χ4v) is 10.3. The first-order valence-electron chi connectivity index (χ1n) is 24.4. The predicted octanol–water partition coefficient (Wildman–Crippen LogP) is 14.7. The van der Waals surface area contributed by atoms with Crippen LogP contribution in [0, 0.1) is 0 Å². The van der Waals surface area contributed by atoms with Crippen LogP contribution in [-0.4, -0.2) is 49.0 Å². The molecule has 0 unspecified atom stereocenters. The van der Waals surface area contributed by atoms with Gasteiger partial charge in [-0.2, -0.15) is 0 Å². The van der Waals surface area contributed by atoms with E-state index in [1.165, 1.54) is 27.1 Å². The average molecular weight is 949 g/mol. The monoisotopic (exact) mass is 948 g/mol. The van der Waals surface area contributed by atoms with Gasteiger partial charge in [0, 0.05) is 116 Å². The molecule has 74 heavy (non-hydrogen) atoms. The zero-order valence-corrected chi connectivity index (χ0v) is 39.6. The molecule has 8 heterocycles. The van der Waals surface area contributed by atoms with Crippen molar-refractivity contribution < 1.29 is 0 Å². The zero-order chi connectivity index (χ0) is 49.0. The number of hydrogen-bond donors (Lipinski definition) is 0. The summed E-state index contributed by atoms with van der Waals surface area (Å²) >= 11 is 0. The van der Waals surface area contributed by atoms with Gasteiger partial charge in [-0.05, 0) is 151 Å². The van der Waals surface area contributed by atoms with Crippen molar-refractivity contribution in [3.63, 3.8) is 0 Å². The van der Waals surface area contributed by atoms with Crippen LogP contribution in [0.2, 0.25) is 0 Å². The molecular weight excluding hydrogens is 909 g/mol. The second-order valence-corrected chi connectivity index (χ2v) is 18.1. The van der Waals surface area contributed by atoms with E-state index in [4.69, 9.17) is 19.9 Å². The average Bonchev–Trinajstić information content (AvgIpc) is 4.01. The van der Waals surface area contributed by atoms with E-state index in [1.54, 1.807) is 49.6 Å². The van der Waals surface area contributed by atoms with Gasteiger partial charge in [-0.25, -0.2) is 19.9 Å². The summed E-state index contributed by atoms with van der Waals surface area (Å²) in [4.78, 5) is 37.2. The molecule has 0 spiro atoms. The van der Waals surface area contributed by atoms with Crippen molar-refractivity contribution in [1.82, 2.24) is 49.0 Å².